The van der Waals surface area contributed by atoms with Crippen LogP contribution in [0, 0.1) is 0 Å². The number of hydrogen-bond acceptors (Lipinski definition) is 5. The van der Waals surface area contributed by atoms with Crippen molar-refractivity contribution in [2.45, 2.75) is 19.5 Å². The summed E-state index contributed by atoms with van der Waals surface area (Å²) in [6.07, 6.45) is 4.19. The van der Waals surface area contributed by atoms with E-state index >= 15 is 0 Å². The predicted octanol–water partition coefficient (Wildman–Crippen LogP) is 0.394. The van der Waals surface area contributed by atoms with Gasteiger partial charge in [0.25, 0.3) is 5.56 Å². The summed E-state index contributed by atoms with van der Waals surface area (Å²) in [5, 5.41) is 3.21. The van der Waals surface area contributed by atoms with Gasteiger partial charge in [0.2, 0.25) is 0 Å². The summed E-state index contributed by atoms with van der Waals surface area (Å²) in [5.41, 5.74) is 3.61. The van der Waals surface area contributed by atoms with Crippen molar-refractivity contribution >= 4 is 11.3 Å². The number of hydrogen-bond donors (Lipinski definition) is 1. The summed E-state index contributed by atoms with van der Waals surface area (Å²) in [7, 11) is 0. The van der Waals surface area contributed by atoms with Gasteiger partial charge in [-0.05, 0) is 13.0 Å². The van der Waals surface area contributed by atoms with Gasteiger partial charge in [-0.15, -0.1) is 11.3 Å². The van der Waals surface area contributed by atoms with E-state index in [-0.39, 0.29) is 5.56 Å². The van der Waals surface area contributed by atoms with Crippen LogP contribution in [0.5, 0.6) is 0 Å². The fourth-order valence-corrected chi connectivity index (χ4v) is 2.58. The summed E-state index contributed by atoms with van der Waals surface area (Å²) in [4.78, 5) is 21.6. The summed E-state index contributed by atoms with van der Waals surface area (Å²) in [5.74, 6) is 0. The molecule has 0 spiro atoms. The van der Waals surface area contributed by atoms with Crippen molar-refractivity contribution in [3.8, 4) is 0 Å². The lowest BCUT2D eigenvalue weighted by molar-refractivity contribution is 0.597. The highest BCUT2D eigenvalue weighted by atomic mass is 32.1. The van der Waals surface area contributed by atoms with Crippen LogP contribution in [0.15, 0.2) is 22.8 Å². The molecule has 1 aliphatic rings. The monoisotopic (exact) mass is 248 g/mol. The van der Waals surface area contributed by atoms with Crippen molar-refractivity contribution in [2.75, 3.05) is 6.54 Å². The third-order valence-corrected chi connectivity index (χ3v) is 3.64. The summed E-state index contributed by atoms with van der Waals surface area (Å²) >= 11 is 1.55. The summed E-state index contributed by atoms with van der Waals surface area (Å²) in [6, 6.07) is 0. The van der Waals surface area contributed by atoms with Gasteiger partial charge < -0.3 is 5.32 Å². The first-order chi connectivity index (χ1) is 8.34. The van der Waals surface area contributed by atoms with Gasteiger partial charge in [0.05, 0.1) is 24.1 Å². The van der Waals surface area contributed by atoms with Gasteiger partial charge in [0.1, 0.15) is 0 Å². The number of thiazole rings is 1. The Morgan fingerprint density at radius 2 is 2.47 bits per heavy atom. The Morgan fingerprint density at radius 1 is 1.53 bits per heavy atom. The summed E-state index contributed by atoms with van der Waals surface area (Å²) < 4.78 is 1.66. The molecule has 0 saturated heterocycles. The van der Waals surface area contributed by atoms with Crippen molar-refractivity contribution in [3.05, 3.63) is 44.5 Å². The Kier molecular flexibility index (Phi) is 2.74. The Labute approximate surface area is 102 Å². The number of rotatable bonds is 2. The Balaban J connectivity index is 1.98. The first kappa shape index (κ1) is 10.6. The second kappa shape index (κ2) is 4.38. The first-order valence-corrected chi connectivity index (χ1v) is 6.38. The van der Waals surface area contributed by atoms with Crippen LogP contribution in [0.3, 0.4) is 0 Å². The normalized spacial score (nSPS) is 14.6. The Hall–Kier alpha value is -1.53. The van der Waals surface area contributed by atoms with Crippen molar-refractivity contribution in [3.63, 3.8) is 0 Å². The van der Waals surface area contributed by atoms with E-state index < -0.39 is 0 Å². The van der Waals surface area contributed by atoms with Gasteiger partial charge in [0.15, 0.2) is 0 Å². The minimum Gasteiger partial charge on any atom is -0.311 e. The molecule has 0 bridgehead atoms. The lowest BCUT2D eigenvalue weighted by Gasteiger charge is -2.16. The molecule has 2 aromatic rings. The molecule has 0 atom stereocenters. The molecule has 0 fully saturated rings. The molecule has 0 amide bonds. The molecule has 6 heteroatoms. The molecular weight excluding hydrogens is 236 g/mol. The van der Waals surface area contributed by atoms with E-state index in [4.69, 9.17) is 0 Å². The molecule has 0 unspecified atom stereocenters. The molecule has 0 radical (unpaired) electrons. The predicted molar refractivity (Wildman–Crippen MR) is 65.1 cm³/mol. The summed E-state index contributed by atoms with van der Waals surface area (Å²) in [6.45, 7) is 2.12. The van der Waals surface area contributed by atoms with E-state index in [1.165, 1.54) is 0 Å². The zero-order valence-corrected chi connectivity index (χ0v) is 10.0. The van der Waals surface area contributed by atoms with Crippen LogP contribution < -0.4 is 10.9 Å². The molecular formula is C11H12N4OS. The standard InChI is InChI=1S/C11H12N4OS/c16-11-9-1-2-12-4-10(9)14-6-15(11)5-8-3-13-7-17-8/h3,6-7,12H,1-2,4-5H2. The Bertz CT molecular complexity index is 576. The van der Waals surface area contributed by atoms with Crippen LogP contribution in [0.25, 0.3) is 0 Å². The van der Waals surface area contributed by atoms with Crippen molar-refractivity contribution in [2.24, 2.45) is 0 Å². The minimum absolute atomic E-state index is 0.0879. The van der Waals surface area contributed by atoms with Gasteiger partial charge in [-0.2, -0.15) is 0 Å². The van der Waals surface area contributed by atoms with Crippen LogP contribution in [-0.2, 0) is 19.5 Å². The van der Waals surface area contributed by atoms with Crippen LogP contribution in [0.1, 0.15) is 16.1 Å². The zero-order valence-electron chi connectivity index (χ0n) is 9.22. The van der Waals surface area contributed by atoms with Crippen LogP contribution in [-0.4, -0.2) is 21.1 Å². The third kappa shape index (κ3) is 2.01. The first-order valence-electron chi connectivity index (χ1n) is 5.50. The zero-order chi connectivity index (χ0) is 11.7. The lowest BCUT2D eigenvalue weighted by atomic mass is 10.1. The molecule has 0 aromatic carbocycles. The fraction of sp³-hybridized carbons (Fsp3) is 0.364. The lowest BCUT2D eigenvalue weighted by Crippen LogP contribution is -2.34. The second-order valence-electron chi connectivity index (χ2n) is 4.00. The largest absolute Gasteiger partial charge is 0.311 e. The topological polar surface area (TPSA) is 59.8 Å². The molecule has 1 aliphatic heterocycles. The maximum Gasteiger partial charge on any atom is 0.257 e. The second-order valence-corrected chi connectivity index (χ2v) is 4.97. The van der Waals surface area contributed by atoms with E-state index in [2.05, 4.69) is 15.3 Å². The van der Waals surface area contributed by atoms with Crippen LogP contribution in [0.2, 0.25) is 0 Å². The van der Waals surface area contributed by atoms with Crippen LogP contribution in [0.4, 0.5) is 0 Å². The maximum absolute atomic E-state index is 12.2. The molecule has 2 aromatic heterocycles. The SMILES string of the molecule is O=c1c2c(ncn1Cc1cncs1)CNCC2. The van der Waals surface area contributed by atoms with Gasteiger partial charge in [-0.25, -0.2) is 4.98 Å². The molecule has 88 valence electrons. The van der Waals surface area contributed by atoms with E-state index in [0.29, 0.717) is 13.1 Å². The van der Waals surface area contributed by atoms with E-state index in [9.17, 15) is 4.79 Å². The van der Waals surface area contributed by atoms with Crippen LogP contribution >= 0.6 is 11.3 Å². The quantitative estimate of drug-likeness (QED) is 0.835. The molecule has 1 N–H and O–H groups in total. The highest BCUT2D eigenvalue weighted by molar-refractivity contribution is 7.09. The van der Waals surface area contributed by atoms with Crippen molar-refractivity contribution in [1.29, 1.82) is 0 Å². The smallest absolute Gasteiger partial charge is 0.257 e. The number of fused-ring (bicyclic) bond motifs is 1. The molecule has 0 saturated carbocycles. The van der Waals surface area contributed by atoms with E-state index in [1.807, 2.05) is 0 Å². The average molecular weight is 248 g/mol. The molecule has 0 aliphatic carbocycles. The highest BCUT2D eigenvalue weighted by Gasteiger charge is 2.15. The fourth-order valence-electron chi connectivity index (χ4n) is 1.99. The average Bonchev–Trinajstić information content (AvgIpc) is 2.86. The minimum atomic E-state index is 0.0879. The highest BCUT2D eigenvalue weighted by Crippen LogP contribution is 2.09. The molecule has 17 heavy (non-hydrogen) atoms. The molecule has 3 heterocycles. The maximum atomic E-state index is 12.2. The van der Waals surface area contributed by atoms with Gasteiger partial charge in [-0.1, -0.05) is 0 Å². The van der Waals surface area contributed by atoms with Gasteiger partial charge in [-0.3, -0.25) is 14.3 Å². The number of nitrogens with one attached hydrogen (secondary N) is 1. The molecule has 5 nitrogen and oxygen atoms in total. The Morgan fingerprint density at radius 3 is 3.29 bits per heavy atom. The van der Waals surface area contributed by atoms with Gasteiger partial charge >= 0.3 is 0 Å². The third-order valence-electron chi connectivity index (χ3n) is 2.87. The van der Waals surface area contributed by atoms with Crippen molar-refractivity contribution < 1.29 is 0 Å². The molecule has 3 rings (SSSR count). The number of aromatic nitrogens is 3. The number of nitrogens with zero attached hydrogens (tertiary/aromatic N) is 3. The van der Waals surface area contributed by atoms with Crippen molar-refractivity contribution in [1.82, 2.24) is 19.9 Å². The van der Waals surface area contributed by atoms with Gasteiger partial charge in [0, 0.05) is 23.2 Å². The van der Waals surface area contributed by atoms with E-state index in [0.717, 1.165) is 29.1 Å². The van der Waals surface area contributed by atoms with E-state index in [1.54, 1.807) is 33.9 Å².